The number of nitrogens with one attached hydrogen (secondary N) is 1. The third-order valence-corrected chi connectivity index (χ3v) is 6.12. The molecule has 0 bridgehead atoms. The summed E-state index contributed by atoms with van der Waals surface area (Å²) in [5.74, 6) is -0.213. The number of hydrogen-bond donors (Lipinski definition) is 1. The average Bonchev–Trinajstić information content (AvgIpc) is 2.67. The van der Waals surface area contributed by atoms with Gasteiger partial charge in [-0.15, -0.1) is 0 Å². The summed E-state index contributed by atoms with van der Waals surface area (Å²) in [5, 5.41) is 1.01. The fourth-order valence-corrected chi connectivity index (χ4v) is 4.29. The number of rotatable bonds is 5. The Labute approximate surface area is 179 Å². The fraction of sp³-hybridized carbons (Fsp3) is 0.0952. The van der Waals surface area contributed by atoms with Crippen molar-refractivity contribution in [2.75, 3.05) is 18.8 Å². The van der Waals surface area contributed by atoms with E-state index in [-0.39, 0.29) is 10.8 Å². The van der Waals surface area contributed by atoms with E-state index >= 15 is 0 Å². The standard InChI is InChI=1S/C21H18Cl2N2O3S/c1-25(2)21(26)15-4-3-5-17(12-15)24-29(27,28)18-9-6-14(7-10-18)19-11-8-16(22)13-20(19)23/h3-13,24H,1-2H3. The highest BCUT2D eigenvalue weighted by molar-refractivity contribution is 7.92. The van der Waals surface area contributed by atoms with Gasteiger partial charge in [0, 0.05) is 41.0 Å². The van der Waals surface area contributed by atoms with Crippen molar-refractivity contribution in [2.24, 2.45) is 0 Å². The molecule has 0 radical (unpaired) electrons. The van der Waals surface area contributed by atoms with E-state index in [1.807, 2.05) is 0 Å². The Morgan fingerprint density at radius 2 is 1.62 bits per heavy atom. The predicted octanol–water partition coefficient (Wildman–Crippen LogP) is 5.16. The normalized spacial score (nSPS) is 11.2. The highest BCUT2D eigenvalue weighted by atomic mass is 35.5. The number of nitrogens with zero attached hydrogens (tertiary/aromatic N) is 1. The van der Waals surface area contributed by atoms with E-state index in [2.05, 4.69) is 4.72 Å². The van der Waals surface area contributed by atoms with Gasteiger partial charge >= 0.3 is 0 Å². The zero-order valence-corrected chi connectivity index (χ0v) is 18.0. The third-order valence-electron chi connectivity index (χ3n) is 4.17. The lowest BCUT2D eigenvalue weighted by Gasteiger charge is -2.13. The molecule has 3 rings (SSSR count). The largest absolute Gasteiger partial charge is 0.345 e. The lowest BCUT2D eigenvalue weighted by molar-refractivity contribution is 0.0827. The van der Waals surface area contributed by atoms with Gasteiger partial charge in [-0.2, -0.15) is 0 Å². The van der Waals surface area contributed by atoms with Gasteiger partial charge in [-0.1, -0.05) is 47.5 Å². The molecule has 0 aliphatic heterocycles. The highest BCUT2D eigenvalue weighted by Gasteiger charge is 2.16. The smallest absolute Gasteiger partial charge is 0.261 e. The van der Waals surface area contributed by atoms with Crippen molar-refractivity contribution in [2.45, 2.75) is 4.90 Å². The van der Waals surface area contributed by atoms with Gasteiger partial charge in [0.15, 0.2) is 0 Å². The van der Waals surface area contributed by atoms with Gasteiger partial charge in [0.25, 0.3) is 15.9 Å². The van der Waals surface area contributed by atoms with Crippen LogP contribution in [0.25, 0.3) is 11.1 Å². The van der Waals surface area contributed by atoms with Crippen LogP contribution in [0, 0.1) is 0 Å². The van der Waals surface area contributed by atoms with Gasteiger partial charge in [0.2, 0.25) is 0 Å². The number of anilines is 1. The minimum atomic E-state index is -3.82. The molecule has 29 heavy (non-hydrogen) atoms. The lowest BCUT2D eigenvalue weighted by atomic mass is 10.1. The Bertz CT molecular complexity index is 1160. The summed E-state index contributed by atoms with van der Waals surface area (Å²) in [5.41, 5.74) is 2.22. The zero-order chi connectivity index (χ0) is 21.2. The molecule has 0 aliphatic carbocycles. The number of hydrogen-bond acceptors (Lipinski definition) is 3. The van der Waals surface area contributed by atoms with Crippen LogP contribution >= 0.6 is 23.2 Å². The Balaban J connectivity index is 1.85. The number of halogens is 2. The number of benzene rings is 3. The van der Waals surface area contributed by atoms with Gasteiger partial charge in [-0.05, 0) is 48.0 Å². The van der Waals surface area contributed by atoms with Crippen molar-refractivity contribution >= 4 is 44.8 Å². The van der Waals surface area contributed by atoms with Crippen LogP contribution in [0.5, 0.6) is 0 Å². The van der Waals surface area contributed by atoms with Crippen molar-refractivity contribution < 1.29 is 13.2 Å². The van der Waals surface area contributed by atoms with Crippen molar-refractivity contribution in [3.8, 4) is 11.1 Å². The van der Waals surface area contributed by atoms with Gasteiger partial charge in [-0.3, -0.25) is 9.52 Å². The second kappa shape index (κ2) is 8.45. The number of carbonyl (C=O) groups is 1. The van der Waals surface area contributed by atoms with Crippen LogP contribution in [0.2, 0.25) is 10.0 Å². The highest BCUT2D eigenvalue weighted by Crippen LogP contribution is 2.31. The molecular weight excluding hydrogens is 431 g/mol. The summed E-state index contributed by atoms with van der Waals surface area (Å²) in [4.78, 5) is 13.6. The molecule has 0 heterocycles. The van der Waals surface area contributed by atoms with Crippen molar-refractivity contribution in [3.63, 3.8) is 0 Å². The van der Waals surface area contributed by atoms with E-state index in [9.17, 15) is 13.2 Å². The Kier molecular flexibility index (Phi) is 6.17. The molecule has 0 aromatic heterocycles. The van der Waals surface area contributed by atoms with Crippen LogP contribution in [-0.2, 0) is 10.0 Å². The first-order valence-electron chi connectivity index (χ1n) is 8.57. The third kappa shape index (κ3) is 4.90. The van der Waals surface area contributed by atoms with Gasteiger partial charge in [0.1, 0.15) is 0 Å². The van der Waals surface area contributed by atoms with Gasteiger partial charge in [0.05, 0.1) is 4.90 Å². The Morgan fingerprint density at radius 1 is 0.931 bits per heavy atom. The van der Waals surface area contributed by atoms with E-state index < -0.39 is 10.0 Å². The Morgan fingerprint density at radius 3 is 2.24 bits per heavy atom. The monoisotopic (exact) mass is 448 g/mol. The van der Waals surface area contributed by atoms with E-state index in [1.54, 1.807) is 62.6 Å². The van der Waals surface area contributed by atoms with Crippen LogP contribution in [-0.4, -0.2) is 33.3 Å². The van der Waals surface area contributed by atoms with E-state index in [4.69, 9.17) is 23.2 Å². The van der Waals surface area contributed by atoms with Crippen molar-refractivity contribution in [1.82, 2.24) is 4.90 Å². The minimum absolute atomic E-state index is 0.0932. The molecule has 150 valence electrons. The van der Waals surface area contributed by atoms with Crippen molar-refractivity contribution in [1.29, 1.82) is 0 Å². The molecule has 1 amide bonds. The maximum atomic E-state index is 12.7. The number of carbonyl (C=O) groups excluding carboxylic acids is 1. The molecule has 0 aliphatic rings. The van der Waals surface area contributed by atoms with E-state index in [0.717, 1.165) is 11.1 Å². The lowest BCUT2D eigenvalue weighted by Crippen LogP contribution is -2.22. The van der Waals surface area contributed by atoms with Crippen LogP contribution in [0.15, 0.2) is 71.6 Å². The molecule has 3 aromatic rings. The quantitative estimate of drug-likeness (QED) is 0.585. The maximum absolute atomic E-state index is 12.7. The summed E-state index contributed by atoms with van der Waals surface area (Å²) in [6.45, 7) is 0. The van der Waals surface area contributed by atoms with Gasteiger partial charge < -0.3 is 4.90 Å². The number of amides is 1. The van der Waals surface area contributed by atoms with E-state index in [1.165, 1.54) is 23.1 Å². The molecule has 5 nitrogen and oxygen atoms in total. The number of sulfonamides is 1. The first kappa shape index (κ1) is 21.2. The molecular formula is C21H18Cl2N2O3S. The van der Waals surface area contributed by atoms with Crippen LogP contribution < -0.4 is 4.72 Å². The molecule has 0 unspecified atom stereocenters. The Hall–Kier alpha value is -2.54. The summed E-state index contributed by atoms with van der Waals surface area (Å²) in [7, 11) is -0.556. The topological polar surface area (TPSA) is 66.5 Å². The molecule has 3 aromatic carbocycles. The summed E-state index contributed by atoms with van der Waals surface area (Å²) < 4.78 is 28.0. The zero-order valence-electron chi connectivity index (χ0n) is 15.7. The molecule has 0 saturated heterocycles. The summed E-state index contributed by atoms with van der Waals surface area (Å²) >= 11 is 12.1. The second-order valence-corrected chi connectivity index (χ2v) is 9.06. The predicted molar refractivity (Wildman–Crippen MR) is 117 cm³/mol. The maximum Gasteiger partial charge on any atom is 0.261 e. The van der Waals surface area contributed by atoms with Gasteiger partial charge in [-0.25, -0.2) is 8.42 Å². The molecule has 0 fully saturated rings. The minimum Gasteiger partial charge on any atom is -0.345 e. The molecule has 0 spiro atoms. The second-order valence-electron chi connectivity index (χ2n) is 6.53. The molecule has 8 heteroatoms. The fourth-order valence-electron chi connectivity index (χ4n) is 2.73. The van der Waals surface area contributed by atoms with Crippen LogP contribution in [0.4, 0.5) is 5.69 Å². The van der Waals surface area contributed by atoms with Crippen LogP contribution in [0.3, 0.4) is 0 Å². The van der Waals surface area contributed by atoms with Crippen molar-refractivity contribution in [3.05, 3.63) is 82.3 Å². The van der Waals surface area contributed by atoms with Crippen LogP contribution in [0.1, 0.15) is 10.4 Å². The average molecular weight is 449 g/mol. The molecule has 0 saturated carbocycles. The molecule has 0 atom stereocenters. The molecule has 1 N–H and O–H groups in total. The summed E-state index contributed by atoms with van der Waals surface area (Å²) in [6.07, 6.45) is 0. The van der Waals surface area contributed by atoms with E-state index in [0.29, 0.717) is 21.3 Å². The summed E-state index contributed by atoms with van der Waals surface area (Å²) in [6, 6.07) is 17.8. The first-order valence-corrected chi connectivity index (χ1v) is 10.8. The SMILES string of the molecule is CN(C)C(=O)c1cccc(NS(=O)(=O)c2ccc(-c3ccc(Cl)cc3Cl)cc2)c1. The first-order chi connectivity index (χ1) is 13.7.